The quantitative estimate of drug-likeness (QED) is 0.744. The summed E-state index contributed by atoms with van der Waals surface area (Å²) in [7, 11) is 4.32. The first kappa shape index (κ1) is 11.4. The highest BCUT2D eigenvalue weighted by atomic mass is 15.3. The first-order valence-electron chi connectivity index (χ1n) is 6.40. The maximum atomic E-state index is 3.34. The van der Waals surface area contributed by atoms with E-state index in [9.17, 15) is 0 Å². The minimum absolute atomic E-state index is 0.733. The molecule has 0 radical (unpaired) electrons. The van der Waals surface area contributed by atoms with E-state index in [1.807, 2.05) is 0 Å². The third kappa shape index (κ3) is 2.71. The van der Waals surface area contributed by atoms with Gasteiger partial charge in [-0.3, -0.25) is 4.90 Å². The summed E-state index contributed by atoms with van der Waals surface area (Å²) in [4.78, 5) is 5.23. The Labute approximate surface area is 93.8 Å². The van der Waals surface area contributed by atoms with E-state index in [0.29, 0.717) is 0 Å². The lowest BCUT2D eigenvalue weighted by Crippen LogP contribution is -2.57. The van der Waals surface area contributed by atoms with Crippen LogP contribution in [0, 0.1) is 0 Å². The van der Waals surface area contributed by atoms with Crippen molar-refractivity contribution in [3.63, 3.8) is 0 Å². The minimum atomic E-state index is 0.733. The lowest BCUT2D eigenvalue weighted by Gasteiger charge is -2.43. The van der Waals surface area contributed by atoms with Crippen molar-refractivity contribution in [2.75, 3.05) is 40.3 Å². The molecule has 1 saturated heterocycles. The van der Waals surface area contributed by atoms with E-state index < -0.39 is 0 Å². The average Bonchev–Trinajstić information content (AvgIpc) is 2.71. The van der Waals surface area contributed by atoms with Crippen LogP contribution < -0.4 is 5.32 Å². The van der Waals surface area contributed by atoms with Crippen molar-refractivity contribution in [3.8, 4) is 0 Å². The molecule has 1 saturated carbocycles. The molecule has 0 aromatic carbocycles. The van der Waals surface area contributed by atoms with Gasteiger partial charge >= 0.3 is 0 Å². The molecular weight excluding hydrogens is 186 g/mol. The molecule has 0 spiro atoms. The summed E-state index contributed by atoms with van der Waals surface area (Å²) in [5.41, 5.74) is 0. The smallest absolute Gasteiger partial charge is 0.0351 e. The Morgan fingerprint density at radius 2 is 1.93 bits per heavy atom. The molecule has 0 bridgehead atoms. The van der Waals surface area contributed by atoms with Crippen LogP contribution in [0.3, 0.4) is 0 Å². The van der Waals surface area contributed by atoms with Gasteiger partial charge in [0.1, 0.15) is 0 Å². The molecule has 88 valence electrons. The molecule has 0 amide bonds. The topological polar surface area (TPSA) is 18.5 Å². The van der Waals surface area contributed by atoms with Crippen molar-refractivity contribution in [1.29, 1.82) is 0 Å². The summed E-state index contributed by atoms with van der Waals surface area (Å²) < 4.78 is 0. The van der Waals surface area contributed by atoms with Gasteiger partial charge in [0.2, 0.25) is 0 Å². The standard InChI is InChI=1S/C12H25N3/c1-13-9-12-10-14(2)7-8-15(12)11-5-3-4-6-11/h11-13H,3-10H2,1-2H3. The SMILES string of the molecule is CNCC1CN(C)CCN1C1CCCC1. The van der Waals surface area contributed by atoms with E-state index in [-0.39, 0.29) is 0 Å². The highest BCUT2D eigenvalue weighted by Gasteiger charge is 2.31. The number of rotatable bonds is 3. The summed E-state index contributed by atoms with van der Waals surface area (Å²) in [6.45, 7) is 4.89. The molecule has 3 heteroatoms. The Kier molecular flexibility index (Phi) is 4.00. The fourth-order valence-electron chi connectivity index (χ4n) is 3.16. The maximum absolute atomic E-state index is 3.34. The van der Waals surface area contributed by atoms with E-state index >= 15 is 0 Å². The Bertz CT molecular complexity index is 189. The van der Waals surface area contributed by atoms with Crippen molar-refractivity contribution in [1.82, 2.24) is 15.1 Å². The molecule has 1 N–H and O–H groups in total. The first-order chi connectivity index (χ1) is 7.31. The summed E-state index contributed by atoms with van der Waals surface area (Å²) >= 11 is 0. The molecule has 2 rings (SSSR count). The molecular formula is C12H25N3. The monoisotopic (exact) mass is 211 g/mol. The van der Waals surface area contributed by atoms with Crippen LogP contribution in [0.15, 0.2) is 0 Å². The Hall–Kier alpha value is -0.120. The second-order valence-electron chi connectivity index (χ2n) is 5.15. The summed E-state index contributed by atoms with van der Waals surface area (Å²) in [5.74, 6) is 0. The average molecular weight is 211 g/mol. The number of piperazine rings is 1. The highest BCUT2D eigenvalue weighted by molar-refractivity contribution is 4.88. The van der Waals surface area contributed by atoms with Gasteiger partial charge in [0.05, 0.1) is 0 Å². The van der Waals surface area contributed by atoms with Gasteiger partial charge in [-0.25, -0.2) is 0 Å². The van der Waals surface area contributed by atoms with Gasteiger partial charge in [-0.2, -0.15) is 0 Å². The zero-order chi connectivity index (χ0) is 10.7. The molecule has 2 aliphatic rings. The Morgan fingerprint density at radius 3 is 2.60 bits per heavy atom. The van der Waals surface area contributed by atoms with Gasteiger partial charge in [-0.05, 0) is 26.9 Å². The summed E-state index contributed by atoms with van der Waals surface area (Å²) in [6.07, 6.45) is 5.76. The molecule has 2 fully saturated rings. The van der Waals surface area contributed by atoms with Crippen LogP contribution in [-0.2, 0) is 0 Å². The molecule has 1 heterocycles. The Balaban J connectivity index is 1.94. The lowest BCUT2D eigenvalue weighted by molar-refractivity contribution is 0.0549. The van der Waals surface area contributed by atoms with E-state index in [0.717, 1.165) is 18.6 Å². The van der Waals surface area contributed by atoms with Crippen molar-refractivity contribution in [2.24, 2.45) is 0 Å². The molecule has 3 nitrogen and oxygen atoms in total. The second-order valence-corrected chi connectivity index (χ2v) is 5.15. The lowest BCUT2D eigenvalue weighted by atomic mass is 10.1. The number of hydrogen-bond donors (Lipinski definition) is 1. The van der Waals surface area contributed by atoms with Crippen molar-refractivity contribution < 1.29 is 0 Å². The van der Waals surface area contributed by atoms with Crippen LogP contribution >= 0.6 is 0 Å². The predicted molar refractivity (Wildman–Crippen MR) is 64.2 cm³/mol. The van der Waals surface area contributed by atoms with Gasteiger partial charge < -0.3 is 10.2 Å². The summed E-state index contributed by atoms with van der Waals surface area (Å²) in [5, 5.41) is 3.34. The molecule has 1 atom stereocenters. The predicted octanol–water partition coefficient (Wildman–Crippen LogP) is 0.764. The first-order valence-corrected chi connectivity index (χ1v) is 6.40. The van der Waals surface area contributed by atoms with Gasteiger partial charge in [0.15, 0.2) is 0 Å². The number of hydrogen-bond acceptors (Lipinski definition) is 3. The fourth-order valence-corrected chi connectivity index (χ4v) is 3.16. The van der Waals surface area contributed by atoms with Crippen LogP contribution in [-0.4, -0.2) is 62.2 Å². The highest BCUT2D eigenvalue weighted by Crippen LogP contribution is 2.26. The van der Waals surface area contributed by atoms with Crippen molar-refractivity contribution in [3.05, 3.63) is 0 Å². The van der Waals surface area contributed by atoms with Crippen LogP contribution in [0.25, 0.3) is 0 Å². The van der Waals surface area contributed by atoms with E-state index in [2.05, 4.69) is 29.2 Å². The zero-order valence-electron chi connectivity index (χ0n) is 10.2. The van der Waals surface area contributed by atoms with Gasteiger partial charge in [0.25, 0.3) is 0 Å². The normalized spacial score (nSPS) is 31.2. The fraction of sp³-hybridized carbons (Fsp3) is 1.00. The van der Waals surface area contributed by atoms with E-state index in [1.54, 1.807) is 0 Å². The summed E-state index contributed by atoms with van der Waals surface area (Å²) in [6, 6.07) is 1.62. The largest absolute Gasteiger partial charge is 0.318 e. The third-order valence-corrected chi connectivity index (χ3v) is 3.96. The zero-order valence-corrected chi connectivity index (χ0v) is 10.2. The maximum Gasteiger partial charge on any atom is 0.0351 e. The second kappa shape index (κ2) is 5.28. The van der Waals surface area contributed by atoms with Gasteiger partial charge in [-0.15, -0.1) is 0 Å². The minimum Gasteiger partial charge on any atom is -0.318 e. The number of nitrogens with zero attached hydrogens (tertiary/aromatic N) is 2. The Morgan fingerprint density at radius 1 is 1.20 bits per heavy atom. The molecule has 1 unspecified atom stereocenters. The number of nitrogens with one attached hydrogen (secondary N) is 1. The molecule has 1 aliphatic heterocycles. The van der Waals surface area contributed by atoms with Crippen molar-refractivity contribution >= 4 is 0 Å². The van der Waals surface area contributed by atoms with Gasteiger partial charge in [0, 0.05) is 38.3 Å². The van der Waals surface area contributed by atoms with E-state index in [1.165, 1.54) is 45.3 Å². The third-order valence-electron chi connectivity index (χ3n) is 3.96. The van der Waals surface area contributed by atoms with Crippen LogP contribution in [0.5, 0.6) is 0 Å². The van der Waals surface area contributed by atoms with Crippen LogP contribution in [0.4, 0.5) is 0 Å². The molecule has 1 aliphatic carbocycles. The molecule has 0 aromatic heterocycles. The van der Waals surface area contributed by atoms with Crippen LogP contribution in [0.1, 0.15) is 25.7 Å². The van der Waals surface area contributed by atoms with Crippen molar-refractivity contribution in [2.45, 2.75) is 37.8 Å². The van der Waals surface area contributed by atoms with E-state index in [4.69, 9.17) is 0 Å². The molecule has 0 aromatic rings. The van der Waals surface area contributed by atoms with Crippen LogP contribution in [0.2, 0.25) is 0 Å². The van der Waals surface area contributed by atoms with Gasteiger partial charge in [-0.1, -0.05) is 12.8 Å². The number of likely N-dealkylation sites (N-methyl/N-ethyl adjacent to an activating group) is 2. The molecule has 15 heavy (non-hydrogen) atoms.